The number of para-hydroxylation sites is 1. The molecule has 0 unspecified atom stereocenters. The Morgan fingerprint density at radius 1 is 0.968 bits per heavy atom. The first-order valence-electron chi connectivity index (χ1n) is 10.4. The summed E-state index contributed by atoms with van der Waals surface area (Å²) in [6.07, 6.45) is 0.961. The van der Waals surface area contributed by atoms with Crippen molar-refractivity contribution in [1.29, 1.82) is 0 Å². The number of carbonyl (C=O) groups excluding carboxylic acids is 2. The van der Waals surface area contributed by atoms with Gasteiger partial charge in [-0.1, -0.05) is 49.7 Å². The SMILES string of the molecule is Cc1ccc(NC(=O)c2cc3c(n(-c4ccccc4)c2=O)CC(C)(C)CC3=O)c(C)c1. The number of hydrogen-bond acceptors (Lipinski definition) is 3. The molecule has 1 aliphatic rings. The molecular weight excluding hydrogens is 388 g/mol. The van der Waals surface area contributed by atoms with Gasteiger partial charge >= 0.3 is 0 Å². The molecule has 1 heterocycles. The lowest BCUT2D eigenvalue weighted by Gasteiger charge is -2.32. The van der Waals surface area contributed by atoms with E-state index in [0.717, 1.165) is 11.1 Å². The van der Waals surface area contributed by atoms with Crippen molar-refractivity contribution in [2.45, 2.75) is 40.5 Å². The number of fused-ring (bicyclic) bond motifs is 1. The van der Waals surface area contributed by atoms with Gasteiger partial charge in [0.1, 0.15) is 5.56 Å². The van der Waals surface area contributed by atoms with E-state index in [2.05, 4.69) is 5.32 Å². The van der Waals surface area contributed by atoms with Crippen LogP contribution in [0.3, 0.4) is 0 Å². The Labute approximate surface area is 181 Å². The van der Waals surface area contributed by atoms with Crippen LogP contribution in [0.5, 0.6) is 0 Å². The summed E-state index contributed by atoms with van der Waals surface area (Å²) in [4.78, 5) is 39.6. The minimum absolute atomic E-state index is 0.0318. The second-order valence-corrected chi connectivity index (χ2v) is 9.11. The van der Waals surface area contributed by atoms with Crippen LogP contribution in [-0.2, 0) is 6.42 Å². The highest BCUT2D eigenvalue weighted by Crippen LogP contribution is 2.35. The summed E-state index contributed by atoms with van der Waals surface area (Å²) in [5.41, 5.74) is 3.70. The van der Waals surface area contributed by atoms with E-state index in [1.807, 2.05) is 76.2 Å². The van der Waals surface area contributed by atoms with E-state index in [-0.39, 0.29) is 16.8 Å². The zero-order valence-corrected chi connectivity index (χ0v) is 18.3. The van der Waals surface area contributed by atoms with Gasteiger partial charge in [-0.3, -0.25) is 19.0 Å². The number of rotatable bonds is 3. The maximum atomic E-state index is 13.5. The highest BCUT2D eigenvalue weighted by molar-refractivity contribution is 6.07. The van der Waals surface area contributed by atoms with Crippen LogP contribution in [0.15, 0.2) is 59.4 Å². The number of ketones is 1. The van der Waals surface area contributed by atoms with Gasteiger partial charge in [-0.25, -0.2) is 0 Å². The molecular formula is C26H26N2O3. The number of anilines is 1. The first-order valence-corrected chi connectivity index (χ1v) is 10.4. The average molecular weight is 415 g/mol. The van der Waals surface area contributed by atoms with Crippen LogP contribution in [0.4, 0.5) is 5.69 Å². The van der Waals surface area contributed by atoms with Crippen molar-refractivity contribution in [2.24, 2.45) is 5.41 Å². The number of benzene rings is 2. The van der Waals surface area contributed by atoms with E-state index in [4.69, 9.17) is 0 Å². The number of carbonyl (C=O) groups is 2. The molecule has 1 aliphatic carbocycles. The van der Waals surface area contributed by atoms with Crippen LogP contribution in [-0.4, -0.2) is 16.3 Å². The number of nitrogens with zero attached hydrogens (tertiary/aromatic N) is 1. The monoisotopic (exact) mass is 414 g/mol. The molecule has 1 aromatic heterocycles. The van der Waals surface area contributed by atoms with E-state index in [9.17, 15) is 14.4 Å². The molecule has 3 aromatic rings. The summed E-state index contributed by atoms with van der Waals surface area (Å²) in [6, 6.07) is 16.4. The largest absolute Gasteiger partial charge is 0.322 e. The lowest BCUT2D eigenvalue weighted by Crippen LogP contribution is -2.37. The number of hydrogen-bond donors (Lipinski definition) is 1. The van der Waals surface area contributed by atoms with Crippen LogP contribution in [0, 0.1) is 19.3 Å². The topological polar surface area (TPSA) is 68.2 Å². The quantitative estimate of drug-likeness (QED) is 0.665. The third kappa shape index (κ3) is 3.96. The molecule has 0 aliphatic heterocycles. The Bertz CT molecular complexity index is 1250. The van der Waals surface area contributed by atoms with Crippen molar-refractivity contribution >= 4 is 17.4 Å². The second-order valence-electron chi connectivity index (χ2n) is 9.11. The number of aromatic nitrogens is 1. The minimum Gasteiger partial charge on any atom is -0.322 e. The second kappa shape index (κ2) is 7.65. The molecule has 5 nitrogen and oxygen atoms in total. The molecule has 5 heteroatoms. The highest BCUT2D eigenvalue weighted by Gasteiger charge is 2.35. The number of nitrogens with one attached hydrogen (secondary N) is 1. The van der Waals surface area contributed by atoms with Crippen LogP contribution in [0.2, 0.25) is 0 Å². The standard InChI is InChI=1S/C26H26N2O3/c1-16-10-11-21(17(2)12-16)27-24(30)20-13-19-22(14-26(3,4)15-23(19)29)28(25(20)31)18-8-6-5-7-9-18/h5-13H,14-15H2,1-4H3,(H,27,30). The van der Waals surface area contributed by atoms with Crippen molar-refractivity contribution < 1.29 is 9.59 Å². The summed E-state index contributed by atoms with van der Waals surface area (Å²) in [5, 5.41) is 2.85. The molecule has 0 atom stereocenters. The van der Waals surface area contributed by atoms with Crippen LogP contribution >= 0.6 is 0 Å². The molecule has 158 valence electrons. The predicted molar refractivity (Wildman–Crippen MR) is 122 cm³/mol. The Hall–Kier alpha value is -3.47. The Morgan fingerprint density at radius 3 is 2.35 bits per heavy atom. The zero-order chi connectivity index (χ0) is 22.3. The van der Waals surface area contributed by atoms with Gasteiger partial charge in [0.2, 0.25) is 0 Å². The van der Waals surface area contributed by atoms with Crippen LogP contribution in [0.25, 0.3) is 5.69 Å². The van der Waals surface area contributed by atoms with Gasteiger partial charge in [0.05, 0.1) is 0 Å². The summed E-state index contributed by atoms with van der Waals surface area (Å²) >= 11 is 0. The first kappa shape index (κ1) is 20.8. The molecule has 31 heavy (non-hydrogen) atoms. The van der Waals surface area contributed by atoms with Crippen molar-refractivity contribution in [3.05, 3.63) is 92.9 Å². The van der Waals surface area contributed by atoms with Gasteiger partial charge < -0.3 is 5.32 Å². The number of amides is 1. The lowest BCUT2D eigenvalue weighted by atomic mass is 9.75. The van der Waals surface area contributed by atoms with E-state index < -0.39 is 11.5 Å². The highest BCUT2D eigenvalue weighted by atomic mass is 16.2. The number of Topliss-reactive ketones (excluding diaryl/α,β-unsaturated/α-hetero) is 1. The van der Waals surface area contributed by atoms with Crippen LogP contribution < -0.4 is 10.9 Å². The number of pyridine rings is 1. The normalized spacial score (nSPS) is 14.8. The van der Waals surface area contributed by atoms with Gasteiger partial charge in [-0.2, -0.15) is 0 Å². The predicted octanol–water partition coefficient (Wildman–Crippen LogP) is 4.86. The van der Waals surface area contributed by atoms with E-state index in [0.29, 0.717) is 35.5 Å². The molecule has 1 N–H and O–H groups in total. The molecule has 4 rings (SSSR count). The maximum Gasteiger partial charge on any atom is 0.268 e. The fourth-order valence-electron chi connectivity index (χ4n) is 4.27. The third-order valence-corrected chi connectivity index (χ3v) is 5.78. The Morgan fingerprint density at radius 2 is 1.68 bits per heavy atom. The van der Waals surface area contributed by atoms with Crippen molar-refractivity contribution in [2.75, 3.05) is 5.32 Å². The van der Waals surface area contributed by atoms with E-state index >= 15 is 0 Å². The first-order chi connectivity index (χ1) is 14.7. The summed E-state index contributed by atoms with van der Waals surface area (Å²) in [5.74, 6) is -0.557. The van der Waals surface area contributed by atoms with E-state index in [1.54, 1.807) is 0 Å². The Balaban J connectivity index is 1.88. The van der Waals surface area contributed by atoms with Gasteiger partial charge in [-0.05, 0) is 55.5 Å². The summed E-state index contributed by atoms with van der Waals surface area (Å²) in [6.45, 7) is 7.93. The van der Waals surface area contributed by atoms with E-state index in [1.165, 1.54) is 10.6 Å². The molecule has 0 saturated heterocycles. The van der Waals surface area contributed by atoms with Gasteiger partial charge in [0, 0.05) is 29.1 Å². The summed E-state index contributed by atoms with van der Waals surface area (Å²) in [7, 11) is 0. The molecule has 0 radical (unpaired) electrons. The molecule has 1 amide bonds. The molecule has 0 saturated carbocycles. The van der Waals surface area contributed by atoms with Crippen LogP contribution in [0.1, 0.15) is 57.8 Å². The zero-order valence-electron chi connectivity index (χ0n) is 18.3. The van der Waals surface area contributed by atoms with Gasteiger partial charge in [-0.15, -0.1) is 0 Å². The maximum absolute atomic E-state index is 13.5. The van der Waals surface area contributed by atoms with Crippen molar-refractivity contribution in [1.82, 2.24) is 4.57 Å². The Kier molecular flexibility index (Phi) is 5.13. The smallest absolute Gasteiger partial charge is 0.268 e. The number of aryl methyl sites for hydroxylation is 2. The molecule has 0 fully saturated rings. The summed E-state index contributed by atoms with van der Waals surface area (Å²) < 4.78 is 1.53. The molecule has 0 spiro atoms. The molecule has 2 aromatic carbocycles. The van der Waals surface area contributed by atoms with Crippen molar-refractivity contribution in [3.8, 4) is 5.69 Å². The molecule has 0 bridgehead atoms. The fraction of sp³-hybridized carbons (Fsp3) is 0.269. The van der Waals surface area contributed by atoms with Crippen molar-refractivity contribution in [3.63, 3.8) is 0 Å². The minimum atomic E-state index is -0.512. The van der Waals surface area contributed by atoms with Gasteiger partial charge in [0.25, 0.3) is 11.5 Å². The average Bonchev–Trinajstić information content (AvgIpc) is 2.69. The van der Waals surface area contributed by atoms with Gasteiger partial charge in [0.15, 0.2) is 5.78 Å². The third-order valence-electron chi connectivity index (χ3n) is 5.78. The lowest BCUT2D eigenvalue weighted by molar-refractivity contribution is 0.0909. The fourth-order valence-corrected chi connectivity index (χ4v) is 4.27.